The lowest BCUT2D eigenvalue weighted by Crippen LogP contribution is -2.21. The molecule has 0 saturated heterocycles. The highest BCUT2D eigenvalue weighted by Gasteiger charge is 2.09. The molecule has 0 fully saturated rings. The van der Waals surface area contributed by atoms with Crippen molar-refractivity contribution in [3.63, 3.8) is 0 Å². The van der Waals surface area contributed by atoms with Gasteiger partial charge in [0.05, 0.1) is 29.5 Å². The zero-order valence-corrected chi connectivity index (χ0v) is 12.2. The maximum Gasteiger partial charge on any atom is 0.261 e. The van der Waals surface area contributed by atoms with Gasteiger partial charge >= 0.3 is 0 Å². The number of rotatable bonds is 4. The second-order valence-corrected chi connectivity index (χ2v) is 5.45. The van der Waals surface area contributed by atoms with Crippen LogP contribution in [-0.4, -0.2) is 25.9 Å². The zero-order valence-electron chi connectivity index (χ0n) is 11.4. The minimum Gasteiger partial charge on any atom is -0.346 e. The fraction of sp³-hybridized carbons (Fsp3) is 0.143. The molecule has 0 bridgehead atoms. The number of carbonyl (C=O) groups excluding carboxylic acids is 1. The Bertz CT molecular complexity index is 750. The number of nitrogens with zero attached hydrogens (tertiary/aromatic N) is 4. The van der Waals surface area contributed by atoms with Crippen LogP contribution >= 0.6 is 11.3 Å². The standard InChI is InChI=1S/C14H13N5OS/c1-10-5-13(21-9-10)14(20)16-6-11-8-19(18-17-11)12-3-2-4-15-7-12/h2-5,7-9H,6H2,1H3,(H,16,20). The predicted molar refractivity (Wildman–Crippen MR) is 79.4 cm³/mol. The van der Waals surface area contributed by atoms with Gasteiger partial charge in [0.15, 0.2) is 0 Å². The van der Waals surface area contributed by atoms with Crippen molar-refractivity contribution in [1.82, 2.24) is 25.3 Å². The predicted octanol–water partition coefficient (Wildman–Crippen LogP) is 1.96. The van der Waals surface area contributed by atoms with Gasteiger partial charge in [-0.05, 0) is 36.1 Å². The van der Waals surface area contributed by atoms with E-state index >= 15 is 0 Å². The van der Waals surface area contributed by atoms with E-state index in [4.69, 9.17) is 0 Å². The topological polar surface area (TPSA) is 72.7 Å². The molecule has 106 valence electrons. The van der Waals surface area contributed by atoms with Crippen molar-refractivity contribution in [3.05, 3.63) is 58.3 Å². The van der Waals surface area contributed by atoms with Crippen LogP contribution in [0.25, 0.3) is 5.69 Å². The number of aromatic nitrogens is 4. The molecule has 0 aliphatic rings. The summed E-state index contributed by atoms with van der Waals surface area (Å²) in [6.07, 6.45) is 5.17. The molecular weight excluding hydrogens is 286 g/mol. The summed E-state index contributed by atoms with van der Waals surface area (Å²) in [4.78, 5) is 16.7. The van der Waals surface area contributed by atoms with E-state index in [1.807, 2.05) is 30.5 Å². The molecule has 3 heterocycles. The Kier molecular flexibility index (Phi) is 3.74. The quantitative estimate of drug-likeness (QED) is 0.799. The Hall–Kier alpha value is -2.54. The molecule has 0 atom stereocenters. The van der Waals surface area contributed by atoms with Crippen molar-refractivity contribution >= 4 is 17.2 Å². The monoisotopic (exact) mass is 299 g/mol. The number of aryl methyl sites for hydroxylation is 1. The second-order valence-electron chi connectivity index (χ2n) is 4.54. The van der Waals surface area contributed by atoms with Crippen LogP contribution in [-0.2, 0) is 6.54 Å². The lowest BCUT2D eigenvalue weighted by Gasteiger charge is -2.00. The van der Waals surface area contributed by atoms with Crippen molar-refractivity contribution in [2.75, 3.05) is 0 Å². The molecular formula is C14H13N5OS. The molecule has 0 radical (unpaired) electrons. The highest BCUT2D eigenvalue weighted by atomic mass is 32.1. The maximum atomic E-state index is 11.9. The molecule has 0 unspecified atom stereocenters. The number of hydrogen-bond donors (Lipinski definition) is 1. The first-order valence-corrected chi connectivity index (χ1v) is 7.25. The summed E-state index contributed by atoms with van der Waals surface area (Å²) in [6, 6.07) is 5.59. The molecule has 0 aromatic carbocycles. The molecule has 0 aliphatic carbocycles. The fourth-order valence-corrected chi connectivity index (χ4v) is 2.62. The largest absolute Gasteiger partial charge is 0.346 e. The minimum atomic E-state index is -0.0935. The van der Waals surface area contributed by atoms with E-state index in [2.05, 4.69) is 20.6 Å². The number of amides is 1. The number of thiophene rings is 1. The van der Waals surface area contributed by atoms with Gasteiger partial charge in [-0.15, -0.1) is 16.4 Å². The Morgan fingerprint density at radius 3 is 3.10 bits per heavy atom. The molecule has 3 rings (SSSR count). The van der Waals surface area contributed by atoms with Gasteiger partial charge in [0, 0.05) is 6.20 Å². The summed E-state index contributed by atoms with van der Waals surface area (Å²) in [7, 11) is 0. The third-order valence-corrected chi connectivity index (χ3v) is 3.88. The van der Waals surface area contributed by atoms with Gasteiger partial charge in [0.1, 0.15) is 5.69 Å². The summed E-state index contributed by atoms with van der Waals surface area (Å²) >= 11 is 1.43. The normalized spacial score (nSPS) is 10.5. The molecule has 3 aromatic rings. The van der Waals surface area contributed by atoms with E-state index in [0.29, 0.717) is 17.1 Å². The van der Waals surface area contributed by atoms with Crippen LogP contribution in [0.15, 0.2) is 42.2 Å². The second kappa shape index (κ2) is 5.84. The molecule has 0 aliphatic heterocycles. The van der Waals surface area contributed by atoms with Crippen LogP contribution < -0.4 is 5.32 Å². The van der Waals surface area contributed by atoms with Crippen molar-refractivity contribution in [2.45, 2.75) is 13.5 Å². The van der Waals surface area contributed by atoms with Gasteiger partial charge in [0.2, 0.25) is 0 Å². The van der Waals surface area contributed by atoms with Crippen LogP contribution in [0.3, 0.4) is 0 Å². The fourth-order valence-electron chi connectivity index (χ4n) is 1.80. The van der Waals surface area contributed by atoms with Crippen LogP contribution in [0.2, 0.25) is 0 Å². The van der Waals surface area contributed by atoms with Crippen LogP contribution in [0.1, 0.15) is 20.9 Å². The summed E-state index contributed by atoms with van der Waals surface area (Å²) in [5.74, 6) is -0.0935. The molecule has 3 aromatic heterocycles. The third-order valence-electron chi connectivity index (χ3n) is 2.84. The first kappa shape index (κ1) is 13.4. The van der Waals surface area contributed by atoms with Gasteiger partial charge < -0.3 is 5.32 Å². The number of nitrogens with one attached hydrogen (secondary N) is 1. The molecule has 21 heavy (non-hydrogen) atoms. The van der Waals surface area contributed by atoms with Crippen LogP contribution in [0.4, 0.5) is 0 Å². The lowest BCUT2D eigenvalue weighted by molar-refractivity contribution is 0.0954. The van der Waals surface area contributed by atoms with Crippen molar-refractivity contribution in [2.24, 2.45) is 0 Å². The Morgan fingerprint density at radius 2 is 2.38 bits per heavy atom. The summed E-state index contributed by atoms with van der Waals surface area (Å²) in [5, 5.41) is 12.8. The molecule has 1 N–H and O–H groups in total. The highest BCUT2D eigenvalue weighted by molar-refractivity contribution is 7.12. The molecule has 6 nitrogen and oxygen atoms in total. The van der Waals surface area contributed by atoms with Crippen LogP contribution in [0, 0.1) is 6.92 Å². The first-order chi connectivity index (χ1) is 10.2. The average molecular weight is 299 g/mol. The smallest absolute Gasteiger partial charge is 0.261 e. The Morgan fingerprint density at radius 1 is 1.48 bits per heavy atom. The highest BCUT2D eigenvalue weighted by Crippen LogP contribution is 2.13. The number of hydrogen-bond acceptors (Lipinski definition) is 5. The Balaban J connectivity index is 1.64. The van der Waals surface area contributed by atoms with E-state index in [0.717, 1.165) is 11.3 Å². The van der Waals surface area contributed by atoms with Gasteiger partial charge in [-0.2, -0.15) is 0 Å². The average Bonchev–Trinajstić information content (AvgIpc) is 3.15. The summed E-state index contributed by atoms with van der Waals surface area (Å²) < 4.78 is 1.63. The summed E-state index contributed by atoms with van der Waals surface area (Å²) in [6.45, 7) is 2.31. The van der Waals surface area contributed by atoms with Crippen molar-refractivity contribution in [3.8, 4) is 5.69 Å². The number of carbonyl (C=O) groups is 1. The SMILES string of the molecule is Cc1csc(C(=O)NCc2cn(-c3cccnc3)nn2)c1. The first-order valence-electron chi connectivity index (χ1n) is 6.37. The van der Waals surface area contributed by atoms with Crippen molar-refractivity contribution in [1.29, 1.82) is 0 Å². The van der Waals surface area contributed by atoms with E-state index < -0.39 is 0 Å². The van der Waals surface area contributed by atoms with Gasteiger partial charge in [0.25, 0.3) is 5.91 Å². The molecule has 7 heteroatoms. The molecule has 1 amide bonds. The van der Waals surface area contributed by atoms with E-state index in [1.165, 1.54) is 11.3 Å². The van der Waals surface area contributed by atoms with E-state index in [-0.39, 0.29) is 5.91 Å². The molecule has 0 saturated carbocycles. The van der Waals surface area contributed by atoms with Crippen LogP contribution in [0.5, 0.6) is 0 Å². The zero-order chi connectivity index (χ0) is 14.7. The van der Waals surface area contributed by atoms with Gasteiger partial charge in [-0.3, -0.25) is 9.78 Å². The van der Waals surface area contributed by atoms with Crippen molar-refractivity contribution < 1.29 is 4.79 Å². The minimum absolute atomic E-state index is 0.0935. The van der Waals surface area contributed by atoms with E-state index in [9.17, 15) is 4.79 Å². The summed E-state index contributed by atoms with van der Waals surface area (Å²) in [5.41, 5.74) is 2.62. The van der Waals surface area contributed by atoms with Gasteiger partial charge in [-0.1, -0.05) is 5.21 Å². The third kappa shape index (κ3) is 3.14. The molecule has 0 spiro atoms. The Labute approximate surface area is 125 Å². The number of pyridine rings is 1. The lowest BCUT2D eigenvalue weighted by atomic mass is 10.3. The maximum absolute atomic E-state index is 11.9. The van der Waals surface area contributed by atoms with E-state index in [1.54, 1.807) is 23.3 Å². The van der Waals surface area contributed by atoms with Gasteiger partial charge in [-0.25, -0.2) is 4.68 Å².